The summed E-state index contributed by atoms with van der Waals surface area (Å²) >= 11 is 0. The third-order valence-electron chi connectivity index (χ3n) is 6.54. The Bertz CT molecular complexity index is 1240. The van der Waals surface area contributed by atoms with Gasteiger partial charge in [-0.1, -0.05) is 35.5 Å². The summed E-state index contributed by atoms with van der Waals surface area (Å²) in [7, 11) is 0. The SMILES string of the molecule is C=C(C)C(CC=C(C)C)Cc1c(O)c(CC=C(C)C)c(O)c2c1OC(c1ccc(O)cc1O)CC2=O. The van der Waals surface area contributed by atoms with Crippen molar-refractivity contribution in [3.05, 3.63) is 75.9 Å². The van der Waals surface area contributed by atoms with Gasteiger partial charge >= 0.3 is 0 Å². The first-order valence-corrected chi connectivity index (χ1v) is 12.1. The van der Waals surface area contributed by atoms with E-state index in [1.54, 1.807) is 0 Å². The van der Waals surface area contributed by atoms with Crippen LogP contribution in [0.15, 0.2) is 53.6 Å². The molecule has 1 heterocycles. The van der Waals surface area contributed by atoms with E-state index in [9.17, 15) is 25.2 Å². The van der Waals surface area contributed by atoms with Crippen LogP contribution in [0.1, 0.15) is 80.6 Å². The highest BCUT2D eigenvalue weighted by Crippen LogP contribution is 2.50. The third kappa shape index (κ3) is 5.76. The number of aromatic hydroxyl groups is 4. The highest BCUT2D eigenvalue weighted by Gasteiger charge is 2.37. The van der Waals surface area contributed by atoms with Gasteiger partial charge in [-0.25, -0.2) is 0 Å². The minimum absolute atomic E-state index is 0.0306. The Morgan fingerprint density at radius 1 is 1.03 bits per heavy atom. The molecule has 0 radical (unpaired) electrons. The molecule has 0 bridgehead atoms. The van der Waals surface area contributed by atoms with Crippen LogP contribution in [-0.4, -0.2) is 26.2 Å². The molecule has 0 spiro atoms. The van der Waals surface area contributed by atoms with E-state index in [0.29, 0.717) is 24.0 Å². The lowest BCUT2D eigenvalue weighted by molar-refractivity contribution is 0.0838. The lowest BCUT2D eigenvalue weighted by atomic mass is 9.84. The molecule has 2 aromatic rings. The molecule has 6 heteroatoms. The Morgan fingerprint density at radius 3 is 2.28 bits per heavy atom. The first-order chi connectivity index (χ1) is 16.9. The van der Waals surface area contributed by atoms with Crippen molar-refractivity contribution in [3.8, 4) is 28.7 Å². The van der Waals surface area contributed by atoms with Crippen molar-refractivity contribution in [2.24, 2.45) is 5.92 Å². The van der Waals surface area contributed by atoms with Gasteiger partial charge in [-0.2, -0.15) is 0 Å². The molecule has 4 N–H and O–H groups in total. The Morgan fingerprint density at radius 2 is 1.69 bits per heavy atom. The molecule has 2 atom stereocenters. The average Bonchev–Trinajstić information content (AvgIpc) is 2.77. The summed E-state index contributed by atoms with van der Waals surface area (Å²) in [5.41, 5.74) is 4.22. The van der Waals surface area contributed by atoms with Crippen molar-refractivity contribution < 1.29 is 30.0 Å². The summed E-state index contributed by atoms with van der Waals surface area (Å²) in [5, 5.41) is 42.5. The van der Waals surface area contributed by atoms with Crippen molar-refractivity contribution in [2.45, 2.75) is 66.4 Å². The number of hydrogen-bond acceptors (Lipinski definition) is 6. The first-order valence-electron chi connectivity index (χ1n) is 12.1. The van der Waals surface area contributed by atoms with Crippen molar-refractivity contribution in [3.63, 3.8) is 0 Å². The predicted molar refractivity (Wildman–Crippen MR) is 141 cm³/mol. The zero-order chi connectivity index (χ0) is 26.7. The molecule has 2 unspecified atom stereocenters. The monoisotopic (exact) mass is 492 g/mol. The summed E-state index contributed by atoms with van der Waals surface area (Å²) in [6, 6.07) is 4.10. The summed E-state index contributed by atoms with van der Waals surface area (Å²) in [6.07, 6.45) is 4.37. The molecule has 192 valence electrons. The smallest absolute Gasteiger partial charge is 0.174 e. The Kier molecular flexibility index (Phi) is 8.18. The Hall–Kier alpha value is -3.67. The number of carbonyl (C=O) groups is 1. The molecule has 6 nitrogen and oxygen atoms in total. The highest BCUT2D eigenvalue weighted by atomic mass is 16.5. The number of Topliss-reactive ketones (excluding diaryl/α,β-unsaturated/α-hetero) is 1. The molecule has 0 saturated heterocycles. The summed E-state index contributed by atoms with van der Waals surface area (Å²) < 4.78 is 6.25. The van der Waals surface area contributed by atoms with Crippen LogP contribution >= 0.6 is 0 Å². The second-order valence-corrected chi connectivity index (χ2v) is 10.1. The number of rotatable bonds is 8. The van der Waals surface area contributed by atoms with E-state index in [-0.39, 0.29) is 64.4 Å². The van der Waals surface area contributed by atoms with E-state index in [1.165, 1.54) is 18.2 Å². The van der Waals surface area contributed by atoms with E-state index in [0.717, 1.165) is 16.7 Å². The van der Waals surface area contributed by atoms with Crippen LogP contribution < -0.4 is 4.74 Å². The van der Waals surface area contributed by atoms with Crippen molar-refractivity contribution in [1.82, 2.24) is 0 Å². The summed E-state index contributed by atoms with van der Waals surface area (Å²) in [6.45, 7) is 13.9. The highest BCUT2D eigenvalue weighted by molar-refractivity contribution is 6.04. The standard InChI is InChI=1S/C30H36O6/c1-16(2)7-9-19(18(5)6)13-23-28(34)22(11-8-17(3)4)29(35)27-25(33)15-26(36-30(23)27)21-12-10-20(31)14-24(21)32/h7-8,10,12,14,19,26,31-32,34-35H,5,9,11,13,15H2,1-4,6H3. The molecular weight excluding hydrogens is 456 g/mol. The average molecular weight is 493 g/mol. The van der Waals surface area contributed by atoms with Gasteiger partial charge in [0.2, 0.25) is 0 Å². The van der Waals surface area contributed by atoms with Crippen LogP contribution in [0.3, 0.4) is 0 Å². The quantitative estimate of drug-likeness (QED) is 0.301. The number of phenolic OH excluding ortho intramolecular Hbond substituents is 4. The minimum Gasteiger partial charge on any atom is -0.508 e. The van der Waals surface area contributed by atoms with E-state index in [2.05, 4.69) is 12.7 Å². The van der Waals surface area contributed by atoms with Gasteiger partial charge in [-0.3, -0.25) is 4.79 Å². The molecule has 0 aliphatic carbocycles. The van der Waals surface area contributed by atoms with Gasteiger partial charge in [0, 0.05) is 22.8 Å². The molecule has 1 aliphatic heterocycles. The van der Waals surface area contributed by atoms with E-state index >= 15 is 0 Å². The van der Waals surface area contributed by atoms with E-state index in [1.807, 2.05) is 40.7 Å². The van der Waals surface area contributed by atoms with Gasteiger partial charge in [0.15, 0.2) is 5.78 Å². The maximum atomic E-state index is 13.4. The van der Waals surface area contributed by atoms with Crippen molar-refractivity contribution in [1.29, 1.82) is 0 Å². The van der Waals surface area contributed by atoms with Gasteiger partial charge in [-0.05, 0) is 71.9 Å². The van der Waals surface area contributed by atoms with Crippen molar-refractivity contribution in [2.75, 3.05) is 0 Å². The molecule has 36 heavy (non-hydrogen) atoms. The second kappa shape index (κ2) is 10.9. The maximum Gasteiger partial charge on any atom is 0.174 e. The van der Waals surface area contributed by atoms with E-state index < -0.39 is 6.10 Å². The van der Waals surface area contributed by atoms with Gasteiger partial charge < -0.3 is 25.2 Å². The molecule has 1 aliphatic rings. The number of ether oxygens (including phenoxy) is 1. The third-order valence-corrected chi connectivity index (χ3v) is 6.54. The van der Waals surface area contributed by atoms with Crippen LogP contribution in [0, 0.1) is 5.92 Å². The topological polar surface area (TPSA) is 107 Å². The normalized spacial score (nSPS) is 15.5. The number of allylic oxidation sites excluding steroid dienone is 5. The van der Waals surface area contributed by atoms with Crippen LogP contribution in [0.4, 0.5) is 0 Å². The van der Waals surface area contributed by atoms with Crippen LogP contribution in [-0.2, 0) is 12.8 Å². The fraction of sp³-hybridized carbons (Fsp3) is 0.367. The molecule has 0 fully saturated rings. The lowest BCUT2D eigenvalue weighted by Gasteiger charge is -2.31. The predicted octanol–water partition coefficient (Wildman–Crippen LogP) is 6.82. The Balaban J connectivity index is 2.19. The number of benzene rings is 2. The number of ketones is 1. The summed E-state index contributed by atoms with van der Waals surface area (Å²) in [4.78, 5) is 13.4. The molecule has 2 aromatic carbocycles. The maximum absolute atomic E-state index is 13.4. The number of fused-ring (bicyclic) bond motifs is 1. The molecule has 0 amide bonds. The lowest BCUT2D eigenvalue weighted by Crippen LogP contribution is -2.23. The van der Waals surface area contributed by atoms with Gasteiger partial charge in [0.1, 0.15) is 40.4 Å². The molecule has 3 rings (SSSR count). The van der Waals surface area contributed by atoms with Gasteiger partial charge in [0.25, 0.3) is 0 Å². The zero-order valence-corrected chi connectivity index (χ0v) is 21.7. The second-order valence-electron chi connectivity index (χ2n) is 10.1. The Labute approximate surface area is 212 Å². The van der Waals surface area contributed by atoms with Crippen LogP contribution in [0.2, 0.25) is 0 Å². The molecular formula is C30H36O6. The van der Waals surface area contributed by atoms with E-state index in [4.69, 9.17) is 4.74 Å². The zero-order valence-electron chi connectivity index (χ0n) is 21.7. The number of carbonyl (C=O) groups excluding carboxylic acids is 1. The molecule has 0 saturated carbocycles. The van der Waals surface area contributed by atoms with Crippen molar-refractivity contribution >= 4 is 5.78 Å². The van der Waals surface area contributed by atoms with Gasteiger partial charge in [0.05, 0.1) is 6.42 Å². The van der Waals surface area contributed by atoms with Crippen LogP contribution in [0.5, 0.6) is 28.7 Å². The number of hydrogen-bond donors (Lipinski definition) is 4. The fourth-order valence-electron chi connectivity index (χ4n) is 4.40. The minimum atomic E-state index is -0.840. The largest absolute Gasteiger partial charge is 0.508 e. The fourth-order valence-corrected chi connectivity index (χ4v) is 4.40. The number of phenols is 4. The van der Waals surface area contributed by atoms with Gasteiger partial charge in [-0.15, -0.1) is 0 Å². The van der Waals surface area contributed by atoms with Crippen LogP contribution in [0.25, 0.3) is 0 Å². The first kappa shape index (κ1) is 26.9. The molecule has 0 aromatic heterocycles. The summed E-state index contributed by atoms with van der Waals surface area (Å²) in [5.74, 6) is -0.937.